The zero-order valence-corrected chi connectivity index (χ0v) is 14.2. The summed E-state index contributed by atoms with van der Waals surface area (Å²) in [7, 11) is 0. The summed E-state index contributed by atoms with van der Waals surface area (Å²) in [5.74, 6) is -0.117. The highest BCUT2D eigenvalue weighted by Crippen LogP contribution is 2.26. The Morgan fingerprint density at radius 1 is 1.17 bits per heavy atom. The average molecular weight is 336 g/mol. The largest absolute Gasteiger partial charge is 0.320 e. The van der Waals surface area contributed by atoms with Crippen molar-refractivity contribution in [2.24, 2.45) is 0 Å². The monoisotopic (exact) mass is 336 g/mol. The third kappa shape index (κ3) is 2.55. The lowest BCUT2D eigenvalue weighted by atomic mass is 10.2. The maximum atomic E-state index is 12.5. The number of thiophene rings is 1. The summed E-state index contributed by atoms with van der Waals surface area (Å²) in [4.78, 5) is 17.6. The maximum Gasteiger partial charge on any atom is 0.265 e. The molecule has 4 rings (SSSR count). The third-order valence-electron chi connectivity index (χ3n) is 3.83. The van der Waals surface area contributed by atoms with Gasteiger partial charge in [-0.1, -0.05) is 18.2 Å². The van der Waals surface area contributed by atoms with Gasteiger partial charge in [-0.3, -0.25) is 4.79 Å². The average Bonchev–Trinajstić information content (AvgIpc) is 3.18. The molecule has 0 unspecified atom stereocenters. The van der Waals surface area contributed by atoms with Crippen LogP contribution < -0.4 is 5.32 Å². The van der Waals surface area contributed by atoms with E-state index in [1.165, 1.54) is 11.3 Å². The fourth-order valence-corrected chi connectivity index (χ4v) is 3.63. The summed E-state index contributed by atoms with van der Waals surface area (Å²) in [5, 5.41) is 9.26. The molecule has 0 radical (unpaired) electrons. The van der Waals surface area contributed by atoms with Gasteiger partial charge in [0.15, 0.2) is 5.65 Å². The lowest BCUT2D eigenvalue weighted by Gasteiger charge is -2.07. The summed E-state index contributed by atoms with van der Waals surface area (Å²) in [6.07, 6.45) is 3.45. The van der Waals surface area contributed by atoms with Crippen LogP contribution in [0.4, 0.5) is 5.69 Å². The van der Waals surface area contributed by atoms with E-state index in [0.29, 0.717) is 10.6 Å². The van der Waals surface area contributed by atoms with Crippen molar-refractivity contribution in [2.75, 3.05) is 5.32 Å². The first-order valence-electron chi connectivity index (χ1n) is 7.75. The first kappa shape index (κ1) is 14.8. The molecule has 0 aliphatic heterocycles. The summed E-state index contributed by atoms with van der Waals surface area (Å²) in [6, 6.07) is 12.0. The molecule has 1 amide bonds. The molecule has 0 saturated carbocycles. The van der Waals surface area contributed by atoms with E-state index in [0.717, 1.165) is 21.1 Å². The van der Waals surface area contributed by atoms with Crippen LogP contribution in [0.3, 0.4) is 0 Å². The van der Waals surface area contributed by atoms with E-state index in [1.54, 1.807) is 12.4 Å². The highest BCUT2D eigenvalue weighted by atomic mass is 32.1. The molecule has 120 valence electrons. The van der Waals surface area contributed by atoms with Gasteiger partial charge in [-0.05, 0) is 37.4 Å². The molecule has 0 spiro atoms. The molecule has 5 nitrogen and oxygen atoms in total. The van der Waals surface area contributed by atoms with Gasteiger partial charge in [0.1, 0.15) is 0 Å². The van der Waals surface area contributed by atoms with E-state index in [2.05, 4.69) is 29.2 Å². The second-order valence-electron chi connectivity index (χ2n) is 5.92. The number of anilines is 1. The molecule has 0 saturated heterocycles. The quantitative estimate of drug-likeness (QED) is 0.600. The number of amides is 1. The molecule has 0 atom stereocenters. The van der Waals surface area contributed by atoms with Crippen LogP contribution >= 0.6 is 11.3 Å². The Bertz CT molecular complexity index is 1010. The topological polar surface area (TPSA) is 59.8 Å². The van der Waals surface area contributed by atoms with Gasteiger partial charge < -0.3 is 5.32 Å². The fraction of sp³-hybridized carbons (Fsp3) is 0.167. The van der Waals surface area contributed by atoms with E-state index in [9.17, 15) is 4.79 Å². The van der Waals surface area contributed by atoms with Crippen LogP contribution in [0.15, 0.2) is 48.8 Å². The Balaban J connectivity index is 1.62. The van der Waals surface area contributed by atoms with Gasteiger partial charge in [0.25, 0.3) is 5.91 Å². The highest BCUT2D eigenvalue weighted by molar-refractivity contribution is 7.20. The molecule has 3 heterocycles. The van der Waals surface area contributed by atoms with E-state index < -0.39 is 0 Å². The number of hydrogen-bond acceptors (Lipinski definition) is 4. The van der Waals surface area contributed by atoms with Crippen molar-refractivity contribution >= 4 is 44.1 Å². The number of nitrogens with one attached hydrogen (secondary N) is 1. The van der Waals surface area contributed by atoms with Crippen molar-refractivity contribution in [3.63, 3.8) is 0 Å². The number of hydrogen-bond donors (Lipinski definition) is 1. The van der Waals surface area contributed by atoms with E-state index >= 15 is 0 Å². The second kappa shape index (κ2) is 5.72. The first-order chi connectivity index (χ1) is 11.6. The van der Waals surface area contributed by atoms with E-state index in [1.807, 2.05) is 41.1 Å². The van der Waals surface area contributed by atoms with Crippen molar-refractivity contribution in [1.82, 2.24) is 14.8 Å². The third-order valence-corrected chi connectivity index (χ3v) is 4.94. The summed E-state index contributed by atoms with van der Waals surface area (Å²) >= 11 is 1.49. The maximum absolute atomic E-state index is 12.5. The standard InChI is InChI=1S/C18H16N4OS/c1-11(2)22-17-13(9-20-22)7-14(10-19-17)21-18(23)16-8-12-5-3-4-6-15(12)24-16/h3-11H,1-2H3,(H,21,23). The zero-order valence-electron chi connectivity index (χ0n) is 13.4. The Hall–Kier alpha value is -2.73. The molecule has 1 aromatic carbocycles. The number of carbonyl (C=O) groups is 1. The van der Waals surface area contributed by atoms with Crippen LogP contribution in [-0.2, 0) is 0 Å². The summed E-state index contributed by atoms with van der Waals surface area (Å²) in [5.41, 5.74) is 1.50. The van der Waals surface area contributed by atoms with Crippen molar-refractivity contribution in [3.05, 3.63) is 53.7 Å². The Morgan fingerprint density at radius 2 is 2.00 bits per heavy atom. The van der Waals surface area contributed by atoms with Crippen LogP contribution in [0.1, 0.15) is 29.6 Å². The number of nitrogens with zero attached hydrogens (tertiary/aromatic N) is 3. The number of pyridine rings is 1. The molecular formula is C18H16N4OS. The minimum atomic E-state index is -0.117. The minimum absolute atomic E-state index is 0.117. The summed E-state index contributed by atoms with van der Waals surface area (Å²) in [6.45, 7) is 4.12. The van der Waals surface area contributed by atoms with Crippen LogP contribution in [0.25, 0.3) is 21.1 Å². The van der Waals surface area contributed by atoms with Crippen molar-refractivity contribution < 1.29 is 4.79 Å². The van der Waals surface area contributed by atoms with E-state index in [4.69, 9.17) is 0 Å². The van der Waals surface area contributed by atoms with Gasteiger partial charge in [0.05, 0.1) is 23.0 Å². The number of rotatable bonds is 3. The first-order valence-corrected chi connectivity index (χ1v) is 8.56. The molecule has 0 bridgehead atoms. The van der Waals surface area contributed by atoms with Crippen molar-refractivity contribution in [1.29, 1.82) is 0 Å². The summed E-state index contributed by atoms with van der Waals surface area (Å²) < 4.78 is 2.97. The van der Waals surface area contributed by atoms with Gasteiger partial charge in [-0.2, -0.15) is 5.10 Å². The fourth-order valence-electron chi connectivity index (χ4n) is 2.67. The SMILES string of the molecule is CC(C)n1ncc2cc(NC(=O)c3cc4ccccc4s3)cnc21. The molecule has 3 aromatic heterocycles. The van der Waals surface area contributed by atoms with Crippen LogP contribution in [-0.4, -0.2) is 20.7 Å². The molecule has 0 fully saturated rings. The van der Waals surface area contributed by atoms with Gasteiger partial charge >= 0.3 is 0 Å². The number of aromatic nitrogens is 3. The predicted molar refractivity (Wildman–Crippen MR) is 97.7 cm³/mol. The van der Waals surface area contributed by atoms with Gasteiger partial charge in [0.2, 0.25) is 0 Å². The zero-order chi connectivity index (χ0) is 16.7. The molecule has 24 heavy (non-hydrogen) atoms. The van der Waals surface area contributed by atoms with Crippen molar-refractivity contribution in [3.8, 4) is 0 Å². The number of fused-ring (bicyclic) bond motifs is 2. The molecule has 1 N–H and O–H groups in total. The second-order valence-corrected chi connectivity index (χ2v) is 7.01. The molecule has 4 aromatic rings. The van der Waals surface area contributed by atoms with Crippen molar-refractivity contribution in [2.45, 2.75) is 19.9 Å². The normalized spacial score (nSPS) is 11.5. The lowest BCUT2D eigenvalue weighted by molar-refractivity contribution is 0.103. The van der Waals surface area contributed by atoms with Gasteiger partial charge in [-0.15, -0.1) is 11.3 Å². The van der Waals surface area contributed by atoms with Crippen LogP contribution in [0.5, 0.6) is 0 Å². The van der Waals surface area contributed by atoms with Gasteiger partial charge in [0, 0.05) is 16.1 Å². The molecule has 6 heteroatoms. The van der Waals surface area contributed by atoms with Crippen LogP contribution in [0, 0.1) is 0 Å². The van der Waals surface area contributed by atoms with E-state index in [-0.39, 0.29) is 11.9 Å². The smallest absolute Gasteiger partial charge is 0.265 e. The lowest BCUT2D eigenvalue weighted by Crippen LogP contribution is -2.10. The predicted octanol–water partition coefficient (Wildman–Crippen LogP) is 4.48. The molecular weight excluding hydrogens is 320 g/mol. The Morgan fingerprint density at radius 3 is 2.79 bits per heavy atom. The molecule has 0 aliphatic carbocycles. The minimum Gasteiger partial charge on any atom is -0.320 e. The number of carbonyl (C=O) groups excluding carboxylic acids is 1. The Kier molecular flexibility index (Phi) is 3.54. The van der Waals surface area contributed by atoms with Gasteiger partial charge in [-0.25, -0.2) is 9.67 Å². The Labute approximate surface area is 142 Å². The number of benzene rings is 1. The van der Waals surface area contributed by atoms with Crippen LogP contribution in [0.2, 0.25) is 0 Å². The highest BCUT2D eigenvalue weighted by Gasteiger charge is 2.12. The molecule has 0 aliphatic rings.